The number of anilines is 1. The second-order valence-corrected chi connectivity index (χ2v) is 7.12. The summed E-state index contributed by atoms with van der Waals surface area (Å²) in [5.41, 5.74) is 4.12. The third-order valence-electron chi connectivity index (χ3n) is 3.87. The molecule has 0 aliphatic heterocycles. The Balaban J connectivity index is -0.000000187. The van der Waals surface area contributed by atoms with Gasteiger partial charge < -0.3 is 15.7 Å². The average Bonchev–Trinajstić information content (AvgIpc) is 3.04. The van der Waals surface area contributed by atoms with E-state index in [4.69, 9.17) is 5.11 Å². The van der Waals surface area contributed by atoms with Gasteiger partial charge in [-0.2, -0.15) is 5.70 Å². The third kappa shape index (κ3) is 27.4. The van der Waals surface area contributed by atoms with Gasteiger partial charge in [0.15, 0.2) is 0 Å². The topological polar surface area (TPSA) is 63.4 Å². The molecule has 184 valence electrons. The Hall–Kier alpha value is -0.694. The summed E-state index contributed by atoms with van der Waals surface area (Å²) in [5, 5.41) is 15.2. The molecule has 1 aromatic carbocycles. The molecule has 2 N–H and O–H groups in total. The van der Waals surface area contributed by atoms with Crippen molar-refractivity contribution >= 4 is 12.0 Å². The SMILES string of the molecule is C=C(C)[N-]Cc1cccc(NC)c1.CC.CC1CCC=CC=C1C=O.CCC.CCCO.[K+]. The number of allylic oxidation sites excluding steroid dienone is 5. The first-order chi connectivity index (χ1) is 15.4. The summed E-state index contributed by atoms with van der Waals surface area (Å²) in [7, 11) is 1.91. The minimum Gasteiger partial charge on any atom is -0.685 e. The number of aliphatic hydroxyl groups excluding tert-OH is 1. The summed E-state index contributed by atoms with van der Waals surface area (Å²) in [4.78, 5) is 10.4. The molecule has 1 unspecified atom stereocenters. The Morgan fingerprint density at radius 2 is 1.85 bits per heavy atom. The Labute approximate surface area is 247 Å². The molecule has 0 heterocycles. The molecule has 0 spiro atoms. The molecule has 0 amide bonds. The number of carbonyl (C=O) groups excluding carboxylic acids is 1. The van der Waals surface area contributed by atoms with Gasteiger partial charge in [0.05, 0.1) is 0 Å². The van der Waals surface area contributed by atoms with Gasteiger partial charge in [-0.05, 0) is 42.9 Å². The monoisotopic (exact) mass is 484 g/mol. The van der Waals surface area contributed by atoms with E-state index in [1.165, 1.54) is 12.0 Å². The normalized spacial score (nSPS) is 13.0. The summed E-state index contributed by atoms with van der Waals surface area (Å²) in [6, 6.07) is 8.21. The molecular weight excluding hydrogens is 435 g/mol. The minimum absolute atomic E-state index is 0. The first-order valence-corrected chi connectivity index (χ1v) is 11.9. The van der Waals surface area contributed by atoms with Crippen molar-refractivity contribution in [3.8, 4) is 0 Å². The fourth-order valence-corrected chi connectivity index (χ4v) is 2.16. The number of nitrogens with one attached hydrogen (secondary N) is 1. The van der Waals surface area contributed by atoms with Gasteiger partial charge in [0.2, 0.25) is 0 Å². The summed E-state index contributed by atoms with van der Waals surface area (Å²) in [6.45, 7) is 18.9. The smallest absolute Gasteiger partial charge is 0.685 e. The van der Waals surface area contributed by atoms with Crippen molar-refractivity contribution < 1.29 is 61.3 Å². The second kappa shape index (κ2) is 31.3. The molecule has 2 rings (SSSR count). The molecule has 0 saturated carbocycles. The maximum Gasteiger partial charge on any atom is 1.00 e. The Morgan fingerprint density at radius 1 is 1.27 bits per heavy atom. The fraction of sp³-hybridized carbons (Fsp3) is 0.536. The molecule has 0 radical (unpaired) electrons. The van der Waals surface area contributed by atoms with Gasteiger partial charge >= 0.3 is 51.4 Å². The Bertz CT molecular complexity index is 626. The predicted molar refractivity (Wildman–Crippen MR) is 144 cm³/mol. The van der Waals surface area contributed by atoms with Crippen LogP contribution < -0.4 is 56.7 Å². The van der Waals surface area contributed by atoms with Crippen LogP contribution in [0.2, 0.25) is 0 Å². The zero-order chi connectivity index (χ0) is 25.2. The standard InChI is InChI=1S/C11H15N2.C9H12O.C3H8O.C3H8.C2H6.K/c1-9(2)13-8-10-5-4-6-11(7-10)12-3;1-8-5-3-2-4-6-9(8)7-10;1-2-3-4;1-3-2;1-2;/h4-7,12H,1,8H2,2-3H3;2,4,6-8H,3,5H2,1H3;4H,2-3H2,1H3;3H2,1-2H3;1-2H3;/q-1;;;;;+1. The van der Waals surface area contributed by atoms with Gasteiger partial charge in [0.25, 0.3) is 0 Å². The predicted octanol–water partition coefficient (Wildman–Crippen LogP) is 5.07. The molecule has 4 nitrogen and oxygen atoms in total. The Kier molecular flexibility index (Phi) is 37.5. The van der Waals surface area contributed by atoms with Crippen LogP contribution in [0.15, 0.2) is 60.3 Å². The van der Waals surface area contributed by atoms with E-state index in [1.54, 1.807) is 0 Å². The van der Waals surface area contributed by atoms with Crippen molar-refractivity contribution in [2.75, 3.05) is 19.0 Å². The summed E-state index contributed by atoms with van der Waals surface area (Å²) < 4.78 is 0. The number of hydrogen-bond acceptors (Lipinski definition) is 3. The van der Waals surface area contributed by atoms with Crippen molar-refractivity contribution in [3.63, 3.8) is 0 Å². The van der Waals surface area contributed by atoms with Crippen LogP contribution in [0.5, 0.6) is 0 Å². The molecule has 33 heavy (non-hydrogen) atoms. The second-order valence-electron chi connectivity index (χ2n) is 7.12. The first-order valence-electron chi connectivity index (χ1n) is 11.9. The molecule has 0 bridgehead atoms. The molecule has 1 aliphatic rings. The molecule has 1 atom stereocenters. The van der Waals surface area contributed by atoms with E-state index in [2.05, 4.69) is 56.2 Å². The molecule has 1 aliphatic carbocycles. The summed E-state index contributed by atoms with van der Waals surface area (Å²) in [5.74, 6) is 0.437. The van der Waals surface area contributed by atoms with E-state index in [1.807, 2.05) is 59.0 Å². The zero-order valence-electron chi connectivity index (χ0n) is 22.9. The van der Waals surface area contributed by atoms with Crippen molar-refractivity contribution in [1.82, 2.24) is 0 Å². The molecule has 0 saturated heterocycles. The number of aldehydes is 1. The largest absolute Gasteiger partial charge is 1.00 e. The van der Waals surface area contributed by atoms with Crippen molar-refractivity contribution in [2.24, 2.45) is 5.92 Å². The number of aliphatic hydroxyl groups is 1. The molecular formula is C28H49KN2O2. The van der Waals surface area contributed by atoms with Crippen LogP contribution in [0.1, 0.15) is 79.7 Å². The van der Waals surface area contributed by atoms with E-state index in [0.29, 0.717) is 19.1 Å². The molecule has 1 aromatic rings. The maximum absolute atomic E-state index is 10.4. The van der Waals surface area contributed by atoms with E-state index >= 15 is 0 Å². The third-order valence-corrected chi connectivity index (χ3v) is 3.87. The van der Waals surface area contributed by atoms with Gasteiger partial charge in [-0.25, -0.2) is 0 Å². The first kappa shape index (κ1) is 39.5. The maximum atomic E-state index is 10.4. The number of benzene rings is 1. The van der Waals surface area contributed by atoms with Crippen molar-refractivity contribution in [3.05, 3.63) is 71.2 Å². The van der Waals surface area contributed by atoms with Crippen LogP contribution >= 0.6 is 0 Å². The summed E-state index contributed by atoms with van der Waals surface area (Å²) >= 11 is 0. The van der Waals surface area contributed by atoms with Crippen LogP contribution in [0.4, 0.5) is 5.69 Å². The van der Waals surface area contributed by atoms with Gasteiger partial charge in [0, 0.05) is 19.3 Å². The molecule has 0 aromatic heterocycles. The zero-order valence-corrected chi connectivity index (χ0v) is 26.1. The molecule has 5 heteroatoms. The minimum atomic E-state index is 0. The van der Waals surface area contributed by atoms with Crippen LogP contribution in [0.3, 0.4) is 0 Å². The van der Waals surface area contributed by atoms with Gasteiger partial charge in [-0.15, -0.1) is 13.1 Å². The number of hydrogen-bond donors (Lipinski definition) is 2. The van der Waals surface area contributed by atoms with Gasteiger partial charge in [0.1, 0.15) is 6.29 Å². The summed E-state index contributed by atoms with van der Waals surface area (Å²) in [6.07, 6.45) is 11.3. The van der Waals surface area contributed by atoms with Crippen molar-refractivity contribution in [2.45, 2.75) is 80.7 Å². The van der Waals surface area contributed by atoms with Crippen LogP contribution in [-0.2, 0) is 11.3 Å². The number of rotatable bonds is 6. The quantitative estimate of drug-likeness (QED) is 0.438. The van der Waals surface area contributed by atoms with Gasteiger partial charge in [-0.3, -0.25) is 4.79 Å². The van der Waals surface area contributed by atoms with Crippen LogP contribution in [0, 0.1) is 5.92 Å². The average molecular weight is 485 g/mol. The Morgan fingerprint density at radius 3 is 2.30 bits per heavy atom. The van der Waals surface area contributed by atoms with Gasteiger partial charge in [-0.1, -0.05) is 90.8 Å². The van der Waals surface area contributed by atoms with Crippen LogP contribution in [0.25, 0.3) is 5.32 Å². The molecule has 0 fully saturated rings. The van der Waals surface area contributed by atoms with E-state index < -0.39 is 0 Å². The van der Waals surface area contributed by atoms with Crippen molar-refractivity contribution in [1.29, 1.82) is 0 Å². The number of carbonyl (C=O) groups is 1. The number of nitrogens with zero attached hydrogens (tertiary/aromatic N) is 1. The van der Waals surface area contributed by atoms with E-state index in [0.717, 1.165) is 42.5 Å². The fourth-order valence-electron chi connectivity index (χ4n) is 2.16. The van der Waals surface area contributed by atoms with Crippen LogP contribution in [-0.4, -0.2) is 25.0 Å². The van der Waals surface area contributed by atoms with E-state index in [9.17, 15) is 4.79 Å². The van der Waals surface area contributed by atoms with E-state index in [-0.39, 0.29) is 51.4 Å².